The third-order valence-electron chi connectivity index (χ3n) is 2.99. The van der Waals surface area contributed by atoms with Crippen LogP contribution in [-0.2, 0) is 28.8 Å². The predicted molar refractivity (Wildman–Crippen MR) is 70.4 cm³/mol. The number of carbonyl (C=O) groups excluding carboxylic acids is 5. The van der Waals surface area contributed by atoms with Gasteiger partial charge in [-0.15, -0.1) is 5.06 Å². The summed E-state index contributed by atoms with van der Waals surface area (Å²) < 4.78 is 0. The van der Waals surface area contributed by atoms with Crippen molar-refractivity contribution in [3.8, 4) is 0 Å². The van der Waals surface area contributed by atoms with Crippen molar-refractivity contribution < 1.29 is 28.8 Å². The van der Waals surface area contributed by atoms with E-state index in [9.17, 15) is 24.0 Å². The molecule has 0 aromatic rings. The molecule has 0 spiro atoms. The van der Waals surface area contributed by atoms with Crippen molar-refractivity contribution in [3.63, 3.8) is 0 Å². The second kappa shape index (κ2) is 6.08. The van der Waals surface area contributed by atoms with Gasteiger partial charge in [-0.1, -0.05) is 0 Å². The fraction of sp³-hybridized carbons (Fsp3) is 0.417. The summed E-state index contributed by atoms with van der Waals surface area (Å²) in [4.78, 5) is 62.6. The van der Waals surface area contributed by atoms with Gasteiger partial charge in [0.2, 0.25) is 0 Å². The topological polar surface area (TPSA) is 101 Å². The van der Waals surface area contributed by atoms with E-state index in [4.69, 9.17) is 0 Å². The van der Waals surface area contributed by atoms with Crippen LogP contribution in [0.4, 0.5) is 0 Å². The predicted octanol–water partition coefficient (Wildman–Crippen LogP) is -0.793. The maximum Gasteiger partial charge on any atom is 0.345 e. The number of carbonyl (C=O) groups is 5. The Morgan fingerprint density at radius 3 is 2.19 bits per heavy atom. The molecule has 0 N–H and O–H groups in total. The molecular weight excluding hydrogens is 300 g/mol. The van der Waals surface area contributed by atoms with E-state index in [1.165, 1.54) is 0 Å². The van der Waals surface area contributed by atoms with Gasteiger partial charge in [0.1, 0.15) is 5.25 Å². The monoisotopic (exact) mass is 312 g/mol. The highest BCUT2D eigenvalue weighted by molar-refractivity contribution is 7.81. The maximum absolute atomic E-state index is 11.7. The molecule has 21 heavy (non-hydrogen) atoms. The summed E-state index contributed by atoms with van der Waals surface area (Å²) in [6, 6.07) is 0. The number of thiol groups is 1. The second-order valence-electron chi connectivity index (χ2n) is 4.46. The highest BCUT2D eigenvalue weighted by atomic mass is 32.1. The average molecular weight is 312 g/mol. The molecule has 2 aliphatic rings. The summed E-state index contributed by atoms with van der Waals surface area (Å²) >= 11 is 4.00. The number of rotatable bonds is 5. The molecule has 0 aromatic carbocycles. The van der Waals surface area contributed by atoms with Crippen molar-refractivity contribution in [1.29, 1.82) is 0 Å². The quantitative estimate of drug-likeness (QED) is 0.527. The van der Waals surface area contributed by atoms with Gasteiger partial charge in [-0.05, 0) is 6.42 Å². The van der Waals surface area contributed by atoms with E-state index < -0.39 is 34.8 Å². The van der Waals surface area contributed by atoms with Gasteiger partial charge in [-0.3, -0.25) is 24.1 Å². The average Bonchev–Trinajstić information content (AvgIpc) is 2.93. The summed E-state index contributed by atoms with van der Waals surface area (Å²) in [6.07, 6.45) is 2.33. The zero-order valence-corrected chi connectivity index (χ0v) is 11.7. The zero-order chi connectivity index (χ0) is 15.6. The lowest BCUT2D eigenvalue weighted by molar-refractivity contribution is -0.197. The number of nitrogens with zero attached hydrogens (tertiary/aromatic N) is 2. The maximum atomic E-state index is 11.7. The Morgan fingerprint density at radius 2 is 1.67 bits per heavy atom. The Labute approximate surface area is 125 Å². The van der Waals surface area contributed by atoms with E-state index in [2.05, 4.69) is 17.5 Å². The fourth-order valence-corrected chi connectivity index (χ4v) is 1.99. The molecule has 0 bridgehead atoms. The van der Waals surface area contributed by atoms with Crippen molar-refractivity contribution >= 4 is 42.2 Å². The van der Waals surface area contributed by atoms with Gasteiger partial charge in [0.05, 0.1) is 0 Å². The van der Waals surface area contributed by atoms with Crippen LogP contribution >= 0.6 is 12.6 Å². The standard InChI is InChI=1S/C12H12N2O6S/c15-8-1-2-9(16)13(8)6-5-7(21)12(19)20-14-10(17)3-4-11(14)18/h1-2,7,21H,3-6H2. The van der Waals surface area contributed by atoms with E-state index in [0.717, 1.165) is 17.1 Å². The van der Waals surface area contributed by atoms with Crippen molar-refractivity contribution in [2.24, 2.45) is 0 Å². The largest absolute Gasteiger partial charge is 0.345 e. The van der Waals surface area contributed by atoms with Crippen molar-refractivity contribution in [2.75, 3.05) is 6.54 Å². The molecule has 0 aromatic heterocycles. The van der Waals surface area contributed by atoms with E-state index in [1.807, 2.05) is 0 Å². The molecular formula is C12H12N2O6S. The Kier molecular flexibility index (Phi) is 4.41. The lowest BCUT2D eigenvalue weighted by Crippen LogP contribution is -2.37. The lowest BCUT2D eigenvalue weighted by atomic mass is 10.3. The molecule has 1 unspecified atom stereocenters. The van der Waals surface area contributed by atoms with Crippen LogP contribution in [0.5, 0.6) is 0 Å². The molecule has 112 valence electrons. The molecule has 2 rings (SSSR count). The Morgan fingerprint density at radius 1 is 1.14 bits per heavy atom. The first-order valence-corrected chi connectivity index (χ1v) is 6.71. The molecule has 1 fully saturated rings. The van der Waals surface area contributed by atoms with Crippen LogP contribution in [0.25, 0.3) is 0 Å². The summed E-state index contributed by atoms with van der Waals surface area (Å²) in [5, 5.41) is -0.536. The lowest BCUT2D eigenvalue weighted by Gasteiger charge is -2.18. The van der Waals surface area contributed by atoms with Gasteiger partial charge in [0.15, 0.2) is 0 Å². The van der Waals surface area contributed by atoms with Crippen molar-refractivity contribution in [1.82, 2.24) is 9.96 Å². The normalized spacial score (nSPS) is 19.7. The van der Waals surface area contributed by atoms with Crippen LogP contribution < -0.4 is 0 Å². The third-order valence-corrected chi connectivity index (χ3v) is 3.45. The first kappa shape index (κ1) is 15.2. The minimum absolute atomic E-state index is 0.00414. The second-order valence-corrected chi connectivity index (χ2v) is 5.08. The van der Waals surface area contributed by atoms with Gasteiger partial charge in [0, 0.05) is 31.5 Å². The van der Waals surface area contributed by atoms with Gasteiger partial charge in [0.25, 0.3) is 23.6 Å². The van der Waals surface area contributed by atoms with Crippen LogP contribution in [0.2, 0.25) is 0 Å². The summed E-state index contributed by atoms with van der Waals surface area (Å²) in [6.45, 7) is -0.00414. The molecule has 0 saturated carbocycles. The van der Waals surface area contributed by atoms with E-state index in [1.54, 1.807) is 0 Å². The first-order valence-electron chi connectivity index (χ1n) is 6.19. The number of hydrogen-bond acceptors (Lipinski definition) is 7. The summed E-state index contributed by atoms with van der Waals surface area (Å²) in [5.41, 5.74) is 0. The molecule has 9 heteroatoms. The number of amides is 4. The molecule has 4 amide bonds. The first-order chi connectivity index (χ1) is 9.90. The summed E-state index contributed by atoms with van der Waals surface area (Å²) in [5.74, 6) is -2.96. The number of hydroxylamine groups is 2. The molecule has 0 radical (unpaired) electrons. The molecule has 2 heterocycles. The van der Waals surface area contributed by atoms with Crippen LogP contribution in [0.3, 0.4) is 0 Å². The van der Waals surface area contributed by atoms with E-state index >= 15 is 0 Å². The van der Waals surface area contributed by atoms with Gasteiger partial charge in [-0.2, -0.15) is 12.6 Å². The minimum Gasteiger partial charge on any atom is -0.329 e. The smallest absolute Gasteiger partial charge is 0.329 e. The SMILES string of the molecule is O=C(ON1C(=O)CCC1=O)C(S)CCN1C(=O)C=CC1=O. The summed E-state index contributed by atoms with van der Waals surface area (Å²) in [7, 11) is 0. The highest BCUT2D eigenvalue weighted by Crippen LogP contribution is 2.15. The fourth-order valence-electron chi connectivity index (χ4n) is 1.83. The van der Waals surface area contributed by atoms with Crippen LogP contribution in [0.1, 0.15) is 19.3 Å². The highest BCUT2D eigenvalue weighted by Gasteiger charge is 2.34. The van der Waals surface area contributed by atoms with Crippen molar-refractivity contribution in [2.45, 2.75) is 24.5 Å². The van der Waals surface area contributed by atoms with Crippen LogP contribution in [0, 0.1) is 0 Å². The zero-order valence-electron chi connectivity index (χ0n) is 10.9. The van der Waals surface area contributed by atoms with E-state index in [0.29, 0.717) is 5.06 Å². The van der Waals surface area contributed by atoms with Gasteiger partial charge >= 0.3 is 5.97 Å². The molecule has 8 nitrogen and oxygen atoms in total. The number of hydrogen-bond donors (Lipinski definition) is 1. The number of imide groups is 2. The van der Waals surface area contributed by atoms with Gasteiger partial charge in [-0.25, -0.2) is 4.79 Å². The van der Waals surface area contributed by atoms with E-state index in [-0.39, 0.29) is 25.8 Å². The molecule has 1 atom stereocenters. The van der Waals surface area contributed by atoms with Crippen molar-refractivity contribution in [3.05, 3.63) is 12.2 Å². The Hall–Kier alpha value is -2.16. The molecule has 1 saturated heterocycles. The minimum atomic E-state index is -0.965. The Bertz CT molecular complexity index is 524. The van der Waals surface area contributed by atoms with Gasteiger partial charge < -0.3 is 4.84 Å². The van der Waals surface area contributed by atoms with Crippen LogP contribution in [-0.4, -0.2) is 51.4 Å². The Balaban J connectivity index is 1.83. The molecule has 2 aliphatic heterocycles. The molecule has 0 aliphatic carbocycles. The van der Waals surface area contributed by atoms with Crippen LogP contribution in [0.15, 0.2) is 12.2 Å². The third kappa shape index (κ3) is 3.30.